The van der Waals surface area contributed by atoms with Gasteiger partial charge in [0, 0.05) is 19.1 Å². The molecular formula is C12H15N5O2. The molecule has 1 aliphatic rings. The first kappa shape index (κ1) is 11.8. The van der Waals surface area contributed by atoms with Crippen molar-refractivity contribution in [3.63, 3.8) is 0 Å². The molecule has 2 heterocycles. The number of phenols is 2. The molecule has 100 valence electrons. The fourth-order valence-electron chi connectivity index (χ4n) is 2.20. The molecule has 0 radical (unpaired) electrons. The highest BCUT2D eigenvalue weighted by Crippen LogP contribution is 2.30. The van der Waals surface area contributed by atoms with Gasteiger partial charge in [-0.05, 0) is 24.6 Å². The number of hydrogen-bond donors (Lipinski definition) is 4. The number of anilines is 1. The van der Waals surface area contributed by atoms with Gasteiger partial charge in [0.25, 0.3) is 0 Å². The van der Waals surface area contributed by atoms with Gasteiger partial charge in [-0.3, -0.25) is 5.10 Å². The Hall–Kier alpha value is -2.28. The van der Waals surface area contributed by atoms with Gasteiger partial charge in [-0.2, -0.15) is 4.98 Å². The Bertz CT molecular complexity index is 598. The second-order valence-corrected chi connectivity index (χ2v) is 4.68. The van der Waals surface area contributed by atoms with E-state index < -0.39 is 0 Å². The Morgan fingerprint density at radius 2 is 2.21 bits per heavy atom. The number of nitrogens with two attached hydrogens (primary N) is 1. The minimum absolute atomic E-state index is 0.0404. The predicted molar refractivity (Wildman–Crippen MR) is 70.0 cm³/mol. The van der Waals surface area contributed by atoms with Crippen LogP contribution in [-0.2, 0) is 0 Å². The van der Waals surface area contributed by atoms with Gasteiger partial charge in [0.2, 0.25) is 5.95 Å². The first-order chi connectivity index (χ1) is 9.13. The van der Waals surface area contributed by atoms with Crippen LogP contribution in [0, 0.1) is 0 Å². The highest BCUT2D eigenvalue weighted by Gasteiger charge is 2.23. The third kappa shape index (κ3) is 2.19. The largest absolute Gasteiger partial charge is 0.508 e. The summed E-state index contributed by atoms with van der Waals surface area (Å²) < 4.78 is 0. The zero-order valence-electron chi connectivity index (χ0n) is 10.2. The summed E-state index contributed by atoms with van der Waals surface area (Å²) in [6.45, 7) is 1.55. The van der Waals surface area contributed by atoms with Crippen molar-refractivity contribution in [1.82, 2.24) is 15.2 Å². The Morgan fingerprint density at radius 3 is 2.95 bits per heavy atom. The lowest BCUT2D eigenvalue weighted by atomic mass is 10.2. The number of benzene rings is 1. The van der Waals surface area contributed by atoms with Crippen molar-refractivity contribution in [3.8, 4) is 22.9 Å². The lowest BCUT2D eigenvalue weighted by Gasteiger charge is -2.11. The number of hydrogen-bond acceptors (Lipinski definition) is 6. The van der Waals surface area contributed by atoms with Crippen LogP contribution in [0.4, 0.5) is 5.95 Å². The molecule has 7 nitrogen and oxygen atoms in total. The Labute approximate surface area is 109 Å². The molecule has 0 amide bonds. The van der Waals surface area contributed by atoms with Crippen LogP contribution in [0.3, 0.4) is 0 Å². The molecule has 1 saturated heterocycles. The van der Waals surface area contributed by atoms with Crippen LogP contribution in [0.1, 0.15) is 6.42 Å². The Balaban J connectivity index is 1.90. The normalized spacial score (nSPS) is 19.0. The van der Waals surface area contributed by atoms with Crippen LogP contribution in [0.25, 0.3) is 11.4 Å². The molecule has 5 N–H and O–H groups in total. The van der Waals surface area contributed by atoms with Crippen LogP contribution in [0.5, 0.6) is 11.5 Å². The zero-order chi connectivity index (χ0) is 13.4. The number of nitrogens with zero attached hydrogens (tertiary/aromatic N) is 3. The quantitative estimate of drug-likeness (QED) is 0.583. The number of aromatic nitrogens is 3. The number of rotatable bonds is 2. The smallest absolute Gasteiger partial charge is 0.245 e. The molecule has 1 aliphatic heterocycles. The average Bonchev–Trinajstić information content (AvgIpc) is 3.00. The van der Waals surface area contributed by atoms with Crippen LogP contribution in [0.2, 0.25) is 0 Å². The fraction of sp³-hybridized carbons (Fsp3) is 0.333. The summed E-state index contributed by atoms with van der Waals surface area (Å²) in [5.74, 6) is 1.09. The molecular weight excluding hydrogens is 246 g/mol. The van der Waals surface area contributed by atoms with Gasteiger partial charge in [-0.25, -0.2) is 0 Å². The molecule has 0 aliphatic carbocycles. The van der Waals surface area contributed by atoms with E-state index in [2.05, 4.69) is 15.2 Å². The van der Waals surface area contributed by atoms with Crippen molar-refractivity contribution in [2.24, 2.45) is 5.73 Å². The van der Waals surface area contributed by atoms with E-state index in [1.54, 1.807) is 0 Å². The number of aromatic amines is 1. The first-order valence-corrected chi connectivity index (χ1v) is 6.09. The highest BCUT2D eigenvalue weighted by molar-refractivity contribution is 5.66. The molecule has 7 heteroatoms. The maximum absolute atomic E-state index is 9.77. The van der Waals surface area contributed by atoms with E-state index >= 15 is 0 Å². The van der Waals surface area contributed by atoms with Gasteiger partial charge in [0.1, 0.15) is 11.5 Å². The molecule has 0 spiro atoms. The summed E-state index contributed by atoms with van der Waals surface area (Å²) in [6, 6.07) is 4.42. The van der Waals surface area contributed by atoms with Gasteiger partial charge in [-0.15, -0.1) is 5.10 Å². The number of nitrogens with one attached hydrogen (secondary N) is 1. The summed E-state index contributed by atoms with van der Waals surface area (Å²) in [5, 5.41) is 26.1. The molecule has 0 saturated carbocycles. The molecule has 1 aromatic carbocycles. The van der Waals surface area contributed by atoms with Crippen molar-refractivity contribution in [2.75, 3.05) is 18.0 Å². The number of H-pyrrole nitrogens is 1. The number of aromatic hydroxyl groups is 2. The second kappa shape index (κ2) is 4.43. The molecule has 1 atom stereocenters. The Morgan fingerprint density at radius 1 is 1.37 bits per heavy atom. The molecule has 2 aromatic rings. The van der Waals surface area contributed by atoms with Crippen molar-refractivity contribution in [1.29, 1.82) is 0 Å². The topological polar surface area (TPSA) is 111 Å². The monoisotopic (exact) mass is 261 g/mol. The third-order valence-corrected chi connectivity index (χ3v) is 3.22. The second-order valence-electron chi connectivity index (χ2n) is 4.68. The van der Waals surface area contributed by atoms with Crippen LogP contribution < -0.4 is 10.6 Å². The third-order valence-electron chi connectivity index (χ3n) is 3.22. The van der Waals surface area contributed by atoms with E-state index in [0.717, 1.165) is 19.5 Å². The fourth-order valence-corrected chi connectivity index (χ4v) is 2.20. The molecule has 19 heavy (non-hydrogen) atoms. The summed E-state index contributed by atoms with van der Waals surface area (Å²) in [5.41, 5.74) is 6.26. The van der Waals surface area contributed by atoms with Crippen molar-refractivity contribution < 1.29 is 10.2 Å². The minimum Gasteiger partial charge on any atom is -0.508 e. The molecule has 1 fully saturated rings. The Kier molecular flexibility index (Phi) is 2.75. The molecule has 1 unspecified atom stereocenters. The molecule has 1 aromatic heterocycles. The minimum atomic E-state index is 0.0404. The van der Waals surface area contributed by atoms with Crippen molar-refractivity contribution in [3.05, 3.63) is 18.2 Å². The maximum atomic E-state index is 9.77. The highest BCUT2D eigenvalue weighted by atomic mass is 16.3. The van der Waals surface area contributed by atoms with Gasteiger partial charge >= 0.3 is 0 Å². The van der Waals surface area contributed by atoms with Crippen molar-refractivity contribution >= 4 is 5.95 Å². The lowest BCUT2D eigenvalue weighted by molar-refractivity contribution is 0.461. The summed E-state index contributed by atoms with van der Waals surface area (Å²) in [7, 11) is 0. The van der Waals surface area contributed by atoms with E-state index in [0.29, 0.717) is 17.3 Å². The van der Waals surface area contributed by atoms with E-state index in [4.69, 9.17) is 5.73 Å². The first-order valence-electron chi connectivity index (χ1n) is 6.09. The van der Waals surface area contributed by atoms with Gasteiger partial charge in [-0.1, -0.05) is 0 Å². The van der Waals surface area contributed by atoms with Crippen LogP contribution in [-0.4, -0.2) is 44.5 Å². The van der Waals surface area contributed by atoms with E-state index in [-0.39, 0.29) is 17.5 Å². The van der Waals surface area contributed by atoms with E-state index in [1.165, 1.54) is 18.2 Å². The SMILES string of the molecule is NC1CCN(c2n[nH]c(-c3cc(O)ccc3O)n2)C1. The standard InChI is InChI=1S/C12H15N5O2/c13-7-3-4-17(6-7)12-14-11(15-16-12)9-5-8(18)1-2-10(9)19/h1-2,5,7,18-19H,3-4,6,13H2,(H,14,15,16). The van der Waals surface area contributed by atoms with Crippen LogP contribution >= 0.6 is 0 Å². The van der Waals surface area contributed by atoms with Crippen LogP contribution in [0.15, 0.2) is 18.2 Å². The van der Waals surface area contributed by atoms with Gasteiger partial charge in [0.15, 0.2) is 5.82 Å². The molecule has 0 bridgehead atoms. The van der Waals surface area contributed by atoms with Crippen molar-refractivity contribution in [2.45, 2.75) is 12.5 Å². The summed E-state index contributed by atoms with van der Waals surface area (Å²) in [4.78, 5) is 6.32. The summed E-state index contributed by atoms with van der Waals surface area (Å²) in [6.07, 6.45) is 0.918. The summed E-state index contributed by atoms with van der Waals surface area (Å²) >= 11 is 0. The lowest BCUT2D eigenvalue weighted by Crippen LogP contribution is -2.26. The maximum Gasteiger partial charge on any atom is 0.245 e. The number of phenolic OH excluding ortho intramolecular Hbond substituents is 2. The zero-order valence-corrected chi connectivity index (χ0v) is 10.2. The molecule has 3 rings (SSSR count). The van der Waals surface area contributed by atoms with E-state index in [9.17, 15) is 10.2 Å². The van der Waals surface area contributed by atoms with Gasteiger partial charge < -0.3 is 20.8 Å². The van der Waals surface area contributed by atoms with E-state index in [1.807, 2.05) is 4.90 Å². The average molecular weight is 261 g/mol. The van der Waals surface area contributed by atoms with Gasteiger partial charge in [0.05, 0.1) is 5.56 Å². The predicted octanol–water partition coefficient (Wildman–Crippen LogP) is 0.420.